The Morgan fingerprint density at radius 2 is 1.42 bits per heavy atom. The normalized spacial score (nSPS) is 14.0. The fraction of sp³-hybridized carbons (Fsp3) is 0.269. The molecular weight excluding hydrogens is 502 g/mol. The topological polar surface area (TPSA) is 116 Å². The van der Waals surface area contributed by atoms with E-state index in [-0.39, 0.29) is 28.9 Å². The molecule has 3 aromatic carbocycles. The van der Waals surface area contributed by atoms with Gasteiger partial charge in [0.15, 0.2) is 21.3 Å². The average molecular weight is 530 g/mol. The number of sulfonamides is 1. The standard InChI is InChI=1S/C26H27NO7S2/c1-17(2)19-6-11-22(12-7-19)36(31,32)27-26(28)23(20-8-13-24-25(15-20)34-16-33-24)14-18-4-9-21(10-5-18)35(3,29)30/h4-13,15,17,23H,14,16H2,1-3H3,(H,27,28). The molecule has 1 amide bonds. The third-order valence-corrected chi connectivity index (χ3v) is 8.49. The van der Waals surface area contributed by atoms with Crippen LogP contribution in [0.15, 0.2) is 76.5 Å². The van der Waals surface area contributed by atoms with Gasteiger partial charge in [0.05, 0.1) is 15.7 Å². The second-order valence-electron chi connectivity index (χ2n) is 8.98. The summed E-state index contributed by atoms with van der Waals surface area (Å²) in [6, 6.07) is 17.6. The van der Waals surface area contributed by atoms with E-state index in [1.807, 2.05) is 13.8 Å². The summed E-state index contributed by atoms with van der Waals surface area (Å²) in [7, 11) is -7.50. The van der Waals surface area contributed by atoms with Crippen LogP contribution in [-0.2, 0) is 31.1 Å². The molecule has 36 heavy (non-hydrogen) atoms. The van der Waals surface area contributed by atoms with E-state index in [4.69, 9.17) is 9.47 Å². The first-order valence-electron chi connectivity index (χ1n) is 11.3. The summed E-state index contributed by atoms with van der Waals surface area (Å²) in [6.45, 7) is 4.07. The van der Waals surface area contributed by atoms with Gasteiger partial charge in [0, 0.05) is 6.26 Å². The Morgan fingerprint density at radius 3 is 2.03 bits per heavy atom. The largest absolute Gasteiger partial charge is 0.454 e. The first-order chi connectivity index (χ1) is 16.9. The van der Waals surface area contributed by atoms with Crippen LogP contribution in [0.25, 0.3) is 0 Å². The maximum atomic E-state index is 13.4. The Bertz CT molecular complexity index is 1480. The fourth-order valence-corrected chi connectivity index (χ4v) is 5.54. The van der Waals surface area contributed by atoms with Crippen molar-refractivity contribution in [2.24, 2.45) is 0 Å². The molecule has 0 radical (unpaired) electrons. The molecule has 190 valence electrons. The van der Waals surface area contributed by atoms with Gasteiger partial charge in [-0.2, -0.15) is 0 Å². The summed E-state index contributed by atoms with van der Waals surface area (Å²) in [4.78, 5) is 13.5. The van der Waals surface area contributed by atoms with Gasteiger partial charge in [-0.15, -0.1) is 0 Å². The third-order valence-electron chi connectivity index (χ3n) is 6.00. The van der Waals surface area contributed by atoms with E-state index in [1.54, 1.807) is 42.5 Å². The number of nitrogens with one attached hydrogen (secondary N) is 1. The van der Waals surface area contributed by atoms with E-state index in [1.165, 1.54) is 24.3 Å². The van der Waals surface area contributed by atoms with Gasteiger partial charge in [0.25, 0.3) is 10.0 Å². The SMILES string of the molecule is CC(C)c1ccc(S(=O)(=O)NC(=O)C(Cc2ccc(S(C)(=O)=O)cc2)c2ccc3c(c2)OCO3)cc1. The lowest BCUT2D eigenvalue weighted by atomic mass is 9.91. The van der Waals surface area contributed by atoms with E-state index in [9.17, 15) is 21.6 Å². The molecule has 0 aliphatic carbocycles. The average Bonchev–Trinajstić information content (AvgIpc) is 3.30. The van der Waals surface area contributed by atoms with Crippen molar-refractivity contribution < 1.29 is 31.1 Å². The second kappa shape index (κ2) is 9.94. The van der Waals surface area contributed by atoms with Gasteiger partial charge in [-0.05, 0) is 65.4 Å². The van der Waals surface area contributed by atoms with E-state index in [0.29, 0.717) is 22.6 Å². The summed E-state index contributed by atoms with van der Waals surface area (Å²) in [5.41, 5.74) is 2.18. The number of amides is 1. The number of hydrogen-bond donors (Lipinski definition) is 1. The van der Waals surface area contributed by atoms with E-state index >= 15 is 0 Å². The first-order valence-corrected chi connectivity index (χ1v) is 14.7. The van der Waals surface area contributed by atoms with Crippen molar-refractivity contribution in [2.45, 2.75) is 41.9 Å². The number of fused-ring (bicyclic) bond motifs is 1. The minimum absolute atomic E-state index is 0.0119. The molecule has 1 atom stereocenters. The molecule has 3 aromatic rings. The van der Waals surface area contributed by atoms with Crippen LogP contribution < -0.4 is 14.2 Å². The summed E-state index contributed by atoms with van der Waals surface area (Å²) in [5, 5.41) is 0. The van der Waals surface area contributed by atoms with Crippen LogP contribution >= 0.6 is 0 Å². The zero-order valence-electron chi connectivity index (χ0n) is 20.1. The van der Waals surface area contributed by atoms with Crippen LogP contribution in [0.1, 0.15) is 42.4 Å². The van der Waals surface area contributed by atoms with E-state index in [2.05, 4.69) is 4.72 Å². The van der Waals surface area contributed by atoms with Crippen molar-refractivity contribution >= 4 is 25.8 Å². The highest BCUT2D eigenvalue weighted by Crippen LogP contribution is 2.36. The number of ether oxygens (including phenoxy) is 2. The lowest BCUT2D eigenvalue weighted by molar-refractivity contribution is -0.120. The van der Waals surface area contributed by atoms with Gasteiger partial charge in [-0.25, -0.2) is 21.6 Å². The predicted octanol–water partition coefficient (Wildman–Crippen LogP) is 3.77. The van der Waals surface area contributed by atoms with Crippen LogP contribution in [0.4, 0.5) is 0 Å². The molecule has 0 aromatic heterocycles. The van der Waals surface area contributed by atoms with Crippen LogP contribution in [0.3, 0.4) is 0 Å². The Hall–Kier alpha value is -3.37. The number of hydrogen-bond acceptors (Lipinski definition) is 7. The molecule has 0 fully saturated rings. The molecule has 1 unspecified atom stereocenters. The maximum Gasteiger partial charge on any atom is 0.264 e. The van der Waals surface area contributed by atoms with Gasteiger partial charge >= 0.3 is 0 Å². The van der Waals surface area contributed by atoms with Crippen molar-refractivity contribution in [3.63, 3.8) is 0 Å². The smallest absolute Gasteiger partial charge is 0.264 e. The highest BCUT2D eigenvalue weighted by Gasteiger charge is 2.28. The van der Waals surface area contributed by atoms with Crippen molar-refractivity contribution in [2.75, 3.05) is 13.0 Å². The zero-order valence-corrected chi connectivity index (χ0v) is 21.7. The number of sulfone groups is 1. The Morgan fingerprint density at radius 1 is 0.833 bits per heavy atom. The predicted molar refractivity (Wildman–Crippen MR) is 134 cm³/mol. The molecule has 10 heteroatoms. The van der Waals surface area contributed by atoms with Crippen LogP contribution in [0, 0.1) is 0 Å². The van der Waals surface area contributed by atoms with Gasteiger partial charge < -0.3 is 9.47 Å². The molecule has 0 saturated carbocycles. The summed E-state index contributed by atoms with van der Waals surface area (Å²) < 4.78 is 62.6. The molecule has 0 bridgehead atoms. The highest BCUT2D eigenvalue weighted by molar-refractivity contribution is 7.90. The Labute approximate surface area is 211 Å². The zero-order chi connectivity index (χ0) is 26.1. The van der Waals surface area contributed by atoms with Crippen LogP contribution in [0.5, 0.6) is 11.5 Å². The first kappa shape index (κ1) is 25.7. The van der Waals surface area contributed by atoms with Crippen molar-refractivity contribution in [1.82, 2.24) is 4.72 Å². The maximum absolute atomic E-state index is 13.4. The molecule has 1 aliphatic heterocycles. The lowest BCUT2D eigenvalue weighted by Gasteiger charge is -2.18. The third kappa shape index (κ3) is 5.71. The van der Waals surface area contributed by atoms with Crippen LogP contribution in [0.2, 0.25) is 0 Å². The molecule has 0 spiro atoms. The van der Waals surface area contributed by atoms with Crippen LogP contribution in [-0.4, -0.2) is 35.8 Å². The Balaban J connectivity index is 1.64. The molecule has 1 heterocycles. The monoisotopic (exact) mass is 529 g/mol. The fourth-order valence-electron chi connectivity index (χ4n) is 3.89. The molecular formula is C26H27NO7S2. The van der Waals surface area contributed by atoms with Crippen molar-refractivity contribution in [1.29, 1.82) is 0 Å². The molecule has 8 nitrogen and oxygen atoms in total. The summed E-state index contributed by atoms with van der Waals surface area (Å²) in [5.74, 6) is -0.374. The van der Waals surface area contributed by atoms with Crippen molar-refractivity contribution in [3.05, 3.63) is 83.4 Å². The summed E-state index contributed by atoms with van der Waals surface area (Å²) in [6.07, 6.45) is 1.25. The quantitative estimate of drug-likeness (QED) is 0.472. The molecule has 1 aliphatic rings. The second-order valence-corrected chi connectivity index (χ2v) is 12.7. The number of rotatable bonds is 8. The van der Waals surface area contributed by atoms with Gasteiger partial charge in [0.1, 0.15) is 0 Å². The van der Waals surface area contributed by atoms with Gasteiger partial charge in [-0.3, -0.25) is 4.79 Å². The molecule has 4 rings (SSSR count). The number of carbonyl (C=O) groups is 1. The lowest BCUT2D eigenvalue weighted by Crippen LogP contribution is -2.35. The number of carbonyl (C=O) groups excluding carboxylic acids is 1. The number of benzene rings is 3. The summed E-state index contributed by atoms with van der Waals surface area (Å²) >= 11 is 0. The molecule has 0 saturated heterocycles. The van der Waals surface area contributed by atoms with E-state index < -0.39 is 31.7 Å². The minimum atomic E-state index is -4.12. The molecule has 1 N–H and O–H groups in total. The van der Waals surface area contributed by atoms with Crippen molar-refractivity contribution in [3.8, 4) is 11.5 Å². The van der Waals surface area contributed by atoms with Gasteiger partial charge in [0.2, 0.25) is 12.7 Å². The highest BCUT2D eigenvalue weighted by atomic mass is 32.2. The van der Waals surface area contributed by atoms with Gasteiger partial charge in [-0.1, -0.05) is 44.2 Å². The Kier molecular flexibility index (Phi) is 7.10. The van der Waals surface area contributed by atoms with E-state index in [0.717, 1.165) is 11.8 Å². The minimum Gasteiger partial charge on any atom is -0.454 e.